The van der Waals surface area contributed by atoms with Gasteiger partial charge in [0, 0.05) is 16.4 Å². The van der Waals surface area contributed by atoms with E-state index in [0.29, 0.717) is 22.0 Å². The van der Waals surface area contributed by atoms with E-state index in [9.17, 15) is 9.59 Å². The van der Waals surface area contributed by atoms with E-state index in [2.05, 4.69) is 16.0 Å². The Bertz CT molecular complexity index is 975. The summed E-state index contributed by atoms with van der Waals surface area (Å²) < 4.78 is 0. The summed E-state index contributed by atoms with van der Waals surface area (Å²) in [6.07, 6.45) is 0. The summed E-state index contributed by atoms with van der Waals surface area (Å²) >= 11 is 5.88. The molecule has 3 aromatic rings. The van der Waals surface area contributed by atoms with Gasteiger partial charge in [-0.25, -0.2) is 0 Å². The van der Waals surface area contributed by atoms with Crippen LogP contribution in [0.4, 0.5) is 11.4 Å². The molecule has 0 saturated heterocycles. The Morgan fingerprint density at radius 2 is 1.55 bits per heavy atom. The van der Waals surface area contributed by atoms with Crippen molar-refractivity contribution >= 4 is 34.8 Å². The average molecular weight is 408 g/mol. The van der Waals surface area contributed by atoms with Gasteiger partial charge >= 0.3 is 0 Å². The second-order valence-electron chi connectivity index (χ2n) is 6.56. The van der Waals surface area contributed by atoms with Crippen LogP contribution in [0.2, 0.25) is 5.02 Å². The van der Waals surface area contributed by atoms with Crippen LogP contribution in [0.25, 0.3) is 0 Å². The standard InChI is InChI=1S/C23H22ClN3O2/c1-16(17-7-3-2-4-8-17)26-22(28)15-25-21-10-6-5-9-20(21)23(29)27-19-13-11-18(24)12-14-19/h2-14,16,25H,15H2,1H3,(H,26,28)(H,27,29)/t16-/m1/s1. The fourth-order valence-corrected chi connectivity index (χ4v) is 2.99. The molecular weight excluding hydrogens is 386 g/mol. The lowest BCUT2D eigenvalue weighted by atomic mass is 10.1. The van der Waals surface area contributed by atoms with Crippen molar-refractivity contribution in [3.05, 3.63) is 95.0 Å². The van der Waals surface area contributed by atoms with Crippen molar-refractivity contribution < 1.29 is 9.59 Å². The SMILES string of the molecule is C[C@@H](NC(=O)CNc1ccccc1C(=O)Nc1ccc(Cl)cc1)c1ccccc1. The average Bonchev–Trinajstić information content (AvgIpc) is 2.74. The quantitative estimate of drug-likeness (QED) is 0.522. The largest absolute Gasteiger partial charge is 0.376 e. The first-order valence-electron chi connectivity index (χ1n) is 9.27. The minimum atomic E-state index is -0.270. The van der Waals surface area contributed by atoms with Crippen molar-refractivity contribution in [2.75, 3.05) is 17.2 Å². The van der Waals surface area contributed by atoms with Gasteiger partial charge in [0.05, 0.1) is 18.2 Å². The van der Waals surface area contributed by atoms with Crippen LogP contribution in [0.15, 0.2) is 78.9 Å². The van der Waals surface area contributed by atoms with Gasteiger partial charge in [0.25, 0.3) is 5.91 Å². The van der Waals surface area contributed by atoms with E-state index in [1.807, 2.05) is 43.3 Å². The molecule has 0 bridgehead atoms. The number of hydrogen-bond donors (Lipinski definition) is 3. The third-order valence-electron chi connectivity index (χ3n) is 4.39. The van der Waals surface area contributed by atoms with Gasteiger partial charge in [-0.2, -0.15) is 0 Å². The van der Waals surface area contributed by atoms with E-state index >= 15 is 0 Å². The summed E-state index contributed by atoms with van der Waals surface area (Å²) in [5.41, 5.74) is 2.71. The Hall–Kier alpha value is -3.31. The molecule has 5 nitrogen and oxygen atoms in total. The maximum Gasteiger partial charge on any atom is 0.257 e. The van der Waals surface area contributed by atoms with Crippen molar-refractivity contribution in [2.24, 2.45) is 0 Å². The zero-order chi connectivity index (χ0) is 20.6. The number of halogens is 1. The third-order valence-corrected chi connectivity index (χ3v) is 4.64. The van der Waals surface area contributed by atoms with E-state index in [1.165, 1.54) is 0 Å². The fourth-order valence-electron chi connectivity index (χ4n) is 2.86. The highest BCUT2D eigenvalue weighted by atomic mass is 35.5. The van der Waals surface area contributed by atoms with E-state index in [-0.39, 0.29) is 24.4 Å². The van der Waals surface area contributed by atoms with E-state index in [4.69, 9.17) is 11.6 Å². The highest BCUT2D eigenvalue weighted by Crippen LogP contribution is 2.19. The van der Waals surface area contributed by atoms with E-state index in [1.54, 1.807) is 42.5 Å². The first-order valence-corrected chi connectivity index (χ1v) is 9.65. The van der Waals surface area contributed by atoms with Crippen LogP contribution in [0.1, 0.15) is 28.9 Å². The number of carbonyl (C=O) groups is 2. The van der Waals surface area contributed by atoms with Crippen LogP contribution in [-0.4, -0.2) is 18.4 Å². The van der Waals surface area contributed by atoms with Gasteiger partial charge < -0.3 is 16.0 Å². The van der Waals surface area contributed by atoms with Crippen molar-refractivity contribution in [1.29, 1.82) is 0 Å². The summed E-state index contributed by atoms with van der Waals surface area (Å²) in [5.74, 6) is -0.428. The number of anilines is 2. The zero-order valence-electron chi connectivity index (χ0n) is 16.0. The normalized spacial score (nSPS) is 11.4. The molecule has 0 heterocycles. The summed E-state index contributed by atoms with van der Waals surface area (Å²) in [4.78, 5) is 25.0. The smallest absolute Gasteiger partial charge is 0.257 e. The fraction of sp³-hybridized carbons (Fsp3) is 0.130. The second-order valence-corrected chi connectivity index (χ2v) is 7.00. The number of hydrogen-bond acceptors (Lipinski definition) is 3. The summed E-state index contributed by atoms with van der Waals surface area (Å²) in [5, 5.41) is 9.42. The Kier molecular flexibility index (Phi) is 6.87. The zero-order valence-corrected chi connectivity index (χ0v) is 16.7. The summed E-state index contributed by atoms with van der Waals surface area (Å²) in [6, 6.07) is 23.6. The predicted molar refractivity (Wildman–Crippen MR) is 117 cm³/mol. The number of para-hydroxylation sites is 1. The molecule has 6 heteroatoms. The molecule has 0 unspecified atom stereocenters. The van der Waals surface area contributed by atoms with Crippen LogP contribution >= 0.6 is 11.6 Å². The molecule has 0 fully saturated rings. The maximum atomic E-state index is 12.6. The van der Waals surface area contributed by atoms with Gasteiger partial charge in [0.15, 0.2) is 0 Å². The van der Waals surface area contributed by atoms with Crippen molar-refractivity contribution in [1.82, 2.24) is 5.32 Å². The third kappa shape index (κ3) is 5.83. The van der Waals surface area contributed by atoms with Crippen LogP contribution in [-0.2, 0) is 4.79 Å². The Labute approximate surface area is 175 Å². The van der Waals surface area contributed by atoms with Gasteiger partial charge in [-0.15, -0.1) is 0 Å². The first-order chi connectivity index (χ1) is 14.0. The number of benzene rings is 3. The molecule has 2 amide bonds. The molecule has 0 aromatic heterocycles. The molecule has 3 aromatic carbocycles. The lowest BCUT2D eigenvalue weighted by molar-refractivity contribution is -0.120. The van der Waals surface area contributed by atoms with Crippen LogP contribution in [0.3, 0.4) is 0 Å². The van der Waals surface area contributed by atoms with E-state index < -0.39 is 0 Å². The number of nitrogens with one attached hydrogen (secondary N) is 3. The lowest BCUT2D eigenvalue weighted by Gasteiger charge is -2.16. The molecule has 1 atom stereocenters. The first kappa shape index (κ1) is 20.4. The van der Waals surface area contributed by atoms with Gasteiger partial charge in [-0.3, -0.25) is 9.59 Å². The molecule has 0 radical (unpaired) electrons. The van der Waals surface area contributed by atoms with Crippen molar-refractivity contribution in [3.8, 4) is 0 Å². The molecule has 148 valence electrons. The molecule has 0 spiro atoms. The molecule has 3 N–H and O–H groups in total. The molecule has 29 heavy (non-hydrogen) atoms. The Morgan fingerprint density at radius 3 is 2.28 bits per heavy atom. The summed E-state index contributed by atoms with van der Waals surface area (Å²) in [6.45, 7) is 1.99. The van der Waals surface area contributed by atoms with Crippen molar-refractivity contribution in [2.45, 2.75) is 13.0 Å². The predicted octanol–water partition coefficient (Wildman–Crippen LogP) is 4.88. The second kappa shape index (κ2) is 9.75. The highest BCUT2D eigenvalue weighted by molar-refractivity contribution is 6.30. The van der Waals surface area contributed by atoms with Crippen LogP contribution in [0.5, 0.6) is 0 Å². The Balaban J connectivity index is 1.60. The summed E-state index contributed by atoms with van der Waals surface area (Å²) in [7, 11) is 0. The van der Waals surface area contributed by atoms with Gasteiger partial charge in [-0.05, 0) is 48.9 Å². The topological polar surface area (TPSA) is 70.2 Å². The van der Waals surface area contributed by atoms with Gasteiger partial charge in [-0.1, -0.05) is 54.1 Å². The minimum absolute atomic E-state index is 0.0579. The maximum absolute atomic E-state index is 12.6. The minimum Gasteiger partial charge on any atom is -0.376 e. The molecule has 0 aliphatic rings. The molecule has 3 rings (SSSR count). The number of rotatable bonds is 7. The van der Waals surface area contributed by atoms with Crippen LogP contribution in [0, 0.1) is 0 Å². The number of amides is 2. The van der Waals surface area contributed by atoms with Gasteiger partial charge in [0.2, 0.25) is 5.91 Å². The van der Waals surface area contributed by atoms with Gasteiger partial charge in [0.1, 0.15) is 0 Å². The highest BCUT2D eigenvalue weighted by Gasteiger charge is 2.13. The molecule has 0 aliphatic carbocycles. The monoisotopic (exact) mass is 407 g/mol. The lowest BCUT2D eigenvalue weighted by Crippen LogP contribution is -2.32. The molecule has 0 aliphatic heterocycles. The Morgan fingerprint density at radius 1 is 0.897 bits per heavy atom. The molecule has 0 saturated carbocycles. The van der Waals surface area contributed by atoms with Crippen molar-refractivity contribution in [3.63, 3.8) is 0 Å². The molecular formula is C23H22ClN3O2. The number of carbonyl (C=O) groups excluding carboxylic acids is 2. The van der Waals surface area contributed by atoms with Crippen LogP contribution < -0.4 is 16.0 Å². The van der Waals surface area contributed by atoms with E-state index in [0.717, 1.165) is 5.56 Å².